The number of anilines is 1. The van der Waals surface area contributed by atoms with Gasteiger partial charge in [0.25, 0.3) is 10.1 Å². The standard InChI is InChI=1S/C7H8O3S.C6H7NO/c1-6-2-4-7(5-3-6)11(8,9)10;7-5-3-1-2-4-6(5)8/h2-5H,1H3,(H,8,9,10);1-4,8H,7H2. The van der Waals surface area contributed by atoms with E-state index in [-0.39, 0.29) is 10.6 Å². The zero-order valence-electron chi connectivity index (χ0n) is 10.3. The van der Waals surface area contributed by atoms with Gasteiger partial charge in [0, 0.05) is 0 Å². The summed E-state index contributed by atoms with van der Waals surface area (Å²) in [4.78, 5) is -0.0666. The number of para-hydroxylation sites is 2. The Balaban J connectivity index is 0.000000200. The van der Waals surface area contributed by atoms with E-state index in [9.17, 15) is 8.42 Å². The molecule has 0 bridgehead atoms. The van der Waals surface area contributed by atoms with E-state index in [4.69, 9.17) is 15.4 Å². The first-order valence-electron chi connectivity index (χ1n) is 5.38. The zero-order valence-corrected chi connectivity index (χ0v) is 11.1. The van der Waals surface area contributed by atoms with Gasteiger partial charge in [-0.25, -0.2) is 0 Å². The molecule has 0 heterocycles. The Morgan fingerprint density at radius 1 is 1.00 bits per heavy atom. The second-order valence-electron chi connectivity index (χ2n) is 3.85. The number of nitrogen functional groups attached to an aromatic ring is 1. The Morgan fingerprint density at radius 2 is 1.53 bits per heavy atom. The van der Waals surface area contributed by atoms with E-state index >= 15 is 0 Å². The van der Waals surface area contributed by atoms with E-state index in [1.54, 1.807) is 36.4 Å². The zero-order chi connectivity index (χ0) is 14.5. The molecule has 6 heteroatoms. The molecule has 0 fully saturated rings. The molecule has 0 aliphatic carbocycles. The first-order valence-corrected chi connectivity index (χ1v) is 6.82. The van der Waals surface area contributed by atoms with Crippen molar-refractivity contribution >= 4 is 15.8 Å². The van der Waals surface area contributed by atoms with Crippen LogP contribution in [0.5, 0.6) is 5.75 Å². The average molecular weight is 281 g/mol. The third kappa shape index (κ3) is 4.99. The van der Waals surface area contributed by atoms with Gasteiger partial charge in [-0.05, 0) is 31.2 Å². The number of rotatable bonds is 1. The Kier molecular flexibility index (Phi) is 4.91. The van der Waals surface area contributed by atoms with Crippen molar-refractivity contribution in [2.24, 2.45) is 0 Å². The fourth-order valence-corrected chi connectivity index (χ4v) is 1.68. The van der Waals surface area contributed by atoms with Crippen LogP contribution in [0.3, 0.4) is 0 Å². The summed E-state index contributed by atoms with van der Waals surface area (Å²) in [5.41, 5.74) is 6.65. The molecule has 0 radical (unpaired) electrons. The number of hydrogen-bond donors (Lipinski definition) is 3. The molecular weight excluding hydrogens is 266 g/mol. The van der Waals surface area contributed by atoms with Gasteiger partial charge in [-0.2, -0.15) is 8.42 Å². The van der Waals surface area contributed by atoms with Gasteiger partial charge in [-0.1, -0.05) is 29.8 Å². The van der Waals surface area contributed by atoms with E-state index in [1.807, 2.05) is 6.92 Å². The second-order valence-corrected chi connectivity index (χ2v) is 5.27. The van der Waals surface area contributed by atoms with Crippen LogP contribution in [0.4, 0.5) is 5.69 Å². The highest BCUT2D eigenvalue weighted by molar-refractivity contribution is 7.85. The van der Waals surface area contributed by atoms with Gasteiger partial charge in [0.2, 0.25) is 0 Å². The van der Waals surface area contributed by atoms with Gasteiger partial charge >= 0.3 is 0 Å². The molecule has 0 atom stereocenters. The summed E-state index contributed by atoms with van der Waals surface area (Å²) in [6.45, 7) is 1.84. The minimum atomic E-state index is -4.02. The topological polar surface area (TPSA) is 101 Å². The van der Waals surface area contributed by atoms with Crippen molar-refractivity contribution in [2.45, 2.75) is 11.8 Å². The van der Waals surface area contributed by atoms with Gasteiger partial charge < -0.3 is 10.8 Å². The van der Waals surface area contributed by atoms with Crippen LogP contribution in [-0.2, 0) is 10.1 Å². The van der Waals surface area contributed by atoms with Crippen molar-refractivity contribution in [2.75, 3.05) is 5.73 Å². The number of aryl methyl sites for hydroxylation is 1. The predicted molar refractivity (Wildman–Crippen MR) is 73.5 cm³/mol. The maximum Gasteiger partial charge on any atom is 0.294 e. The Labute approximate surface area is 112 Å². The summed E-state index contributed by atoms with van der Waals surface area (Å²) in [6.07, 6.45) is 0. The number of nitrogens with two attached hydrogens (primary N) is 1. The summed E-state index contributed by atoms with van der Waals surface area (Å²) in [6, 6.07) is 12.7. The smallest absolute Gasteiger partial charge is 0.294 e. The van der Waals surface area contributed by atoms with Crippen LogP contribution in [0.1, 0.15) is 5.56 Å². The van der Waals surface area contributed by atoms with E-state index < -0.39 is 10.1 Å². The molecule has 0 amide bonds. The van der Waals surface area contributed by atoms with Crippen LogP contribution >= 0.6 is 0 Å². The monoisotopic (exact) mass is 281 g/mol. The molecule has 0 aromatic heterocycles. The van der Waals surface area contributed by atoms with Gasteiger partial charge in [0.1, 0.15) is 5.75 Å². The number of phenolic OH excluding ortho intramolecular Hbond substituents is 1. The fraction of sp³-hybridized carbons (Fsp3) is 0.0769. The molecule has 2 aromatic carbocycles. The maximum atomic E-state index is 10.5. The van der Waals surface area contributed by atoms with Crippen LogP contribution in [-0.4, -0.2) is 18.1 Å². The molecule has 102 valence electrons. The van der Waals surface area contributed by atoms with Gasteiger partial charge in [0.15, 0.2) is 0 Å². The van der Waals surface area contributed by atoms with Crippen LogP contribution in [0.2, 0.25) is 0 Å². The van der Waals surface area contributed by atoms with Crippen LogP contribution in [0.25, 0.3) is 0 Å². The third-order valence-corrected chi connectivity index (χ3v) is 3.12. The Morgan fingerprint density at radius 3 is 1.89 bits per heavy atom. The second kappa shape index (κ2) is 6.21. The normalized spacial score (nSPS) is 10.4. The molecule has 2 rings (SSSR count). The molecule has 0 aliphatic heterocycles. The summed E-state index contributed by atoms with van der Waals surface area (Å²) in [7, 11) is -4.02. The van der Waals surface area contributed by atoms with Crippen LogP contribution in [0, 0.1) is 6.92 Å². The lowest BCUT2D eigenvalue weighted by Gasteiger charge is -1.95. The molecule has 19 heavy (non-hydrogen) atoms. The SMILES string of the molecule is Cc1ccc(S(=O)(=O)O)cc1.Nc1ccccc1O. The Hall–Kier alpha value is -2.05. The van der Waals surface area contributed by atoms with E-state index in [1.165, 1.54) is 12.1 Å². The van der Waals surface area contributed by atoms with E-state index in [0.717, 1.165) is 5.56 Å². The highest BCUT2D eigenvalue weighted by Gasteiger charge is 2.06. The number of benzene rings is 2. The minimum absolute atomic E-state index is 0.0666. The molecule has 2 aromatic rings. The number of aromatic hydroxyl groups is 1. The third-order valence-electron chi connectivity index (χ3n) is 2.26. The van der Waals surface area contributed by atoms with Crippen molar-refractivity contribution < 1.29 is 18.1 Å². The summed E-state index contributed by atoms with van der Waals surface area (Å²) in [5, 5.41) is 8.79. The fourth-order valence-electron chi connectivity index (χ4n) is 1.20. The van der Waals surface area contributed by atoms with Gasteiger partial charge in [-0.3, -0.25) is 4.55 Å². The van der Waals surface area contributed by atoms with Gasteiger partial charge in [-0.15, -0.1) is 0 Å². The van der Waals surface area contributed by atoms with Crippen molar-refractivity contribution in [3.8, 4) is 5.75 Å². The van der Waals surface area contributed by atoms with Crippen molar-refractivity contribution in [3.63, 3.8) is 0 Å². The van der Waals surface area contributed by atoms with Crippen molar-refractivity contribution in [1.29, 1.82) is 0 Å². The molecule has 0 saturated carbocycles. The molecule has 4 N–H and O–H groups in total. The first-order chi connectivity index (χ1) is 8.80. The largest absolute Gasteiger partial charge is 0.506 e. The lowest BCUT2D eigenvalue weighted by molar-refractivity contribution is 0.478. The van der Waals surface area contributed by atoms with Crippen LogP contribution < -0.4 is 5.73 Å². The quantitative estimate of drug-likeness (QED) is 0.422. The molecule has 0 saturated heterocycles. The Bertz CT molecular complexity index is 615. The van der Waals surface area contributed by atoms with E-state index in [0.29, 0.717) is 5.69 Å². The number of hydrogen-bond acceptors (Lipinski definition) is 4. The summed E-state index contributed by atoms with van der Waals surface area (Å²) < 4.78 is 29.6. The average Bonchev–Trinajstić information content (AvgIpc) is 2.33. The first kappa shape index (κ1) is 15.0. The number of phenols is 1. The van der Waals surface area contributed by atoms with Gasteiger partial charge in [0.05, 0.1) is 10.6 Å². The maximum absolute atomic E-state index is 10.5. The molecule has 0 spiro atoms. The summed E-state index contributed by atoms with van der Waals surface area (Å²) in [5.74, 6) is 0.146. The predicted octanol–water partition coefficient (Wildman–Crippen LogP) is 2.22. The van der Waals surface area contributed by atoms with Crippen LogP contribution in [0.15, 0.2) is 53.4 Å². The molecule has 5 nitrogen and oxygen atoms in total. The van der Waals surface area contributed by atoms with Crippen molar-refractivity contribution in [1.82, 2.24) is 0 Å². The molecule has 0 aliphatic rings. The summed E-state index contributed by atoms with van der Waals surface area (Å²) >= 11 is 0. The highest BCUT2D eigenvalue weighted by Crippen LogP contribution is 2.16. The van der Waals surface area contributed by atoms with E-state index in [2.05, 4.69) is 0 Å². The molecule has 0 unspecified atom stereocenters. The van der Waals surface area contributed by atoms with Crippen molar-refractivity contribution in [3.05, 3.63) is 54.1 Å². The highest BCUT2D eigenvalue weighted by atomic mass is 32.2. The molecular formula is C13H15NO4S. The minimum Gasteiger partial charge on any atom is -0.506 e. The lowest BCUT2D eigenvalue weighted by Crippen LogP contribution is -1.96. The lowest BCUT2D eigenvalue weighted by atomic mass is 10.2.